The molecule has 0 aliphatic heterocycles. The van der Waals surface area contributed by atoms with Crippen molar-refractivity contribution in [1.29, 1.82) is 0 Å². The summed E-state index contributed by atoms with van der Waals surface area (Å²) in [6, 6.07) is 10.9. The Hall–Kier alpha value is -0.250. The van der Waals surface area contributed by atoms with Gasteiger partial charge < -0.3 is 0 Å². The van der Waals surface area contributed by atoms with Gasteiger partial charge in [-0.2, -0.15) is 0 Å². The van der Waals surface area contributed by atoms with E-state index in [4.69, 9.17) is 0 Å². The minimum absolute atomic E-state index is 0.0552. The first-order valence-corrected chi connectivity index (χ1v) is 8.25. The van der Waals surface area contributed by atoms with Crippen molar-refractivity contribution in [3.05, 3.63) is 40.0 Å². The van der Waals surface area contributed by atoms with Crippen LogP contribution in [0.1, 0.15) is 32.6 Å². The maximum atomic E-state index is 2.58. The molecule has 2 rings (SSSR count). The van der Waals surface area contributed by atoms with Crippen molar-refractivity contribution in [2.75, 3.05) is 0 Å². The van der Waals surface area contributed by atoms with Gasteiger partial charge in [0.2, 0.25) is 0 Å². The first kappa shape index (κ1) is 11.2. The van der Waals surface area contributed by atoms with Gasteiger partial charge in [0.1, 0.15) is 0 Å². The van der Waals surface area contributed by atoms with E-state index in [0.29, 0.717) is 0 Å². The van der Waals surface area contributed by atoms with E-state index in [2.05, 4.69) is 41.4 Å². The first-order chi connectivity index (χ1) is 7.34. The molecule has 1 aromatic carbocycles. The van der Waals surface area contributed by atoms with Crippen molar-refractivity contribution >= 4 is 24.5 Å². The van der Waals surface area contributed by atoms with Crippen LogP contribution in [-0.2, 0) is 0 Å². The summed E-state index contributed by atoms with van der Waals surface area (Å²) >= 11 is -0.0552. The van der Waals surface area contributed by atoms with Crippen molar-refractivity contribution in [2.45, 2.75) is 32.6 Å². The van der Waals surface area contributed by atoms with E-state index < -0.39 is 0 Å². The average Bonchev–Trinajstić information content (AvgIpc) is 2.30. The summed E-state index contributed by atoms with van der Waals surface area (Å²) in [6.45, 7) is 2.38. The standard InChI is InChI=1S/C14H18Te/c1-12-7-9-13(10-8-12)11-15-14-5-3-2-4-6-14/h2-6,11-12H,7-10H2,1H3. The predicted octanol–water partition coefficient (Wildman–Crippen LogP) is 3.11. The van der Waals surface area contributed by atoms with E-state index in [0.717, 1.165) is 5.92 Å². The van der Waals surface area contributed by atoms with Gasteiger partial charge in [0.05, 0.1) is 0 Å². The second-order valence-corrected chi connectivity index (χ2v) is 7.08. The number of hydrogen-bond donors (Lipinski definition) is 0. The molecule has 1 fully saturated rings. The van der Waals surface area contributed by atoms with Crippen molar-refractivity contribution in [3.8, 4) is 0 Å². The molecule has 0 nitrogen and oxygen atoms in total. The summed E-state index contributed by atoms with van der Waals surface area (Å²) in [6.07, 6.45) is 5.54. The van der Waals surface area contributed by atoms with Crippen molar-refractivity contribution in [1.82, 2.24) is 0 Å². The molecule has 0 radical (unpaired) electrons. The first-order valence-electron chi connectivity index (χ1n) is 5.74. The Labute approximate surface area is 103 Å². The molecule has 0 bridgehead atoms. The van der Waals surface area contributed by atoms with Crippen molar-refractivity contribution in [2.24, 2.45) is 5.92 Å². The Morgan fingerprint density at radius 1 is 1.13 bits per heavy atom. The number of rotatable bonds is 2. The summed E-state index contributed by atoms with van der Waals surface area (Å²) in [7, 11) is 0. The average molecular weight is 314 g/mol. The van der Waals surface area contributed by atoms with Gasteiger partial charge in [-0.3, -0.25) is 0 Å². The van der Waals surface area contributed by atoms with Crippen LogP contribution in [0, 0.1) is 5.92 Å². The molecule has 80 valence electrons. The fourth-order valence-corrected chi connectivity index (χ4v) is 4.33. The molecule has 0 atom stereocenters. The van der Waals surface area contributed by atoms with Crippen LogP contribution in [0.25, 0.3) is 0 Å². The van der Waals surface area contributed by atoms with Crippen LogP contribution in [0.15, 0.2) is 40.0 Å². The van der Waals surface area contributed by atoms with Gasteiger partial charge in [0.15, 0.2) is 0 Å². The van der Waals surface area contributed by atoms with Crippen LogP contribution in [0.4, 0.5) is 0 Å². The van der Waals surface area contributed by atoms with E-state index in [-0.39, 0.29) is 20.9 Å². The molecule has 15 heavy (non-hydrogen) atoms. The molecule has 0 amide bonds. The van der Waals surface area contributed by atoms with Crippen LogP contribution >= 0.6 is 0 Å². The zero-order valence-corrected chi connectivity index (χ0v) is 11.6. The summed E-state index contributed by atoms with van der Waals surface area (Å²) in [4.78, 5) is 0. The van der Waals surface area contributed by atoms with E-state index in [1.165, 1.54) is 25.7 Å². The molecule has 1 aliphatic rings. The van der Waals surface area contributed by atoms with Crippen LogP contribution in [0.2, 0.25) is 0 Å². The second kappa shape index (κ2) is 5.73. The van der Waals surface area contributed by atoms with E-state index in [1.54, 1.807) is 9.18 Å². The van der Waals surface area contributed by atoms with E-state index in [1.807, 2.05) is 0 Å². The normalized spacial score (nSPS) is 21.4. The van der Waals surface area contributed by atoms with Crippen molar-refractivity contribution in [3.63, 3.8) is 0 Å². The molecule has 0 unspecified atom stereocenters. The fraction of sp³-hybridized carbons (Fsp3) is 0.429. The second-order valence-electron chi connectivity index (χ2n) is 4.39. The molecular formula is C14H18Te. The summed E-state index contributed by atoms with van der Waals surface area (Å²) in [5, 5.41) is 0. The van der Waals surface area contributed by atoms with Gasteiger partial charge >= 0.3 is 103 Å². The number of allylic oxidation sites excluding steroid dienone is 1. The third-order valence-electron chi connectivity index (χ3n) is 3.02. The molecule has 0 aromatic heterocycles. The molecule has 1 heteroatoms. The third kappa shape index (κ3) is 3.67. The number of hydrogen-bond acceptors (Lipinski definition) is 0. The summed E-state index contributed by atoms with van der Waals surface area (Å²) in [5.74, 6) is 0.958. The molecule has 1 saturated carbocycles. The quantitative estimate of drug-likeness (QED) is 0.736. The monoisotopic (exact) mass is 316 g/mol. The van der Waals surface area contributed by atoms with Crippen molar-refractivity contribution < 1.29 is 0 Å². The predicted molar refractivity (Wildman–Crippen MR) is 67.5 cm³/mol. The molecular weight excluding hydrogens is 296 g/mol. The summed E-state index contributed by atoms with van der Waals surface area (Å²) < 4.78 is 4.14. The van der Waals surface area contributed by atoms with Gasteiger partial charge in [0, 0.05) is 0 Å². The SMILES string of the molecule is CC1CCC(=C[Te]c2ccccc2)CC1. The molecule has 1 aliphatic carbocycles. The number of benzene rings is 1. The van der Waals surface area contributed by atoms with Gasteiger partial charge in [-0.05, 0) is 0 Å². The Kier molecular flexibility index (Phi) is 4.29. The van der Waals surface area contributed by atoms with Gasteiger partial charge in [-0.1, -0.05) is 0 Å². The Bertz CT molecular complexity index is 316. The zero-order chi connectivity index (χ0) is 10.5. The van der Waals surface area contributed by atoms with Gasteiger partial charge in [-0.25, -0.2) is 0 Å². The minimum atomic E-state index is -0.0552. The summed E-state index contributed by atoms with van der Waals surface area (Å²) in [5.41, 5.74) is 1.74. The van der Waals surface area contributed by atoms with E-state index >= 15 is 0 Å². The van der Waals surface area contributed by atoms with Crippen LogP contribution in [0.5, 0.6) is 0 Å². The Morgan fingerprint density at radius 3 is 2.47 bits per heavy atom. The molecule has 0 N–H and O–H groups in total. The molecule has 0 heterocycles. The van der Waals surface area contributed by atoms with Crippen LogP contribution < -0.4 is 3.61 Å². The molecule has 0 spiro atoms. The van der Waals surface area contributed by atoms with Gasteiger partial charge in [0.25, 0.3) is 0 Å². The Balaban J connectivity index is 1.89. The fourth-order valence-electron chi connectivity index (χ4n) is 1.90. The van der Waals surface area contributed by atoms with Crippen LogP contribution in [-0.4, -0.2) is 20.9 Å². The maximum absolute atomic E-state index is 2.58. The molecule has 1 aromatic rings. The van der Waals surface area contributed by atoms with Crippen LogP contribution in [0.3, 0.4) is 0 Å². The van der Waals surface area contributed by atoms with Gasteiger partial charge in [-0.15, -0.1) is 0 Å². The topological polar surface area (TPSA) is 0 Å². The molecule has 0 saturated heterocycles. The third-order valence-corrected chi connectivity index (χ3v) is 5.86. The van der Waals surface area contributed by atoms with E-state index in [9.17, 15) is 0 Å². The zero-order valence-electron chi connectivity index (χ0n) is 9.28. The Morgan fingerprint density at radius 2 is 1.80 bits per heavy atom.